The molecule has 36 heavy (non-hydrogen) atoms. The summed E-state index contributed by atoms with van der Waals surface area (Å²) in [6.07, 6.45) is 5.92. The highest BCUT2D eigenvalue weighted by Gasteiger charge is 2.32. The number of thiocarbonyl (C=S) groups is 1. The molecule has 2 amide bonds. The number of methoxy groups -OCH3 is 1. The van der Waals surface area contributed by atoms with Crippen LogP contribution in [0.15, 0.2) is 59.6 Å². The molecule has 3 heterocycles. The topological polar surface area (TPSA) is 72.8 Å². The number of aromatic nitrogens is 1. The first-order valence-corrected chi connectivity index (χ1v) is 13.1. The summed E-state index contributed by atoms with van der Waals surface area (Å²) in [5, 5.41) is 3.96. The van der Waals surface area contributed by atoms with Crippen molar-refractivity contribution in [2.24, 2.45) is 0 Å². The number of amides is 2. The van der Waals surface area contributed by atoms with Gasteiger partial charge in [-0.2, -0.15) is 0 Å². The molecule has 2 aliphatic rings. The van der Waals surface area contributed by atoms with Crippen molar-refractivity contribution in [1.29, 1.82) is 0 Å². The molecule has 1 N–H and O–H groups in total. The number of fused-ring (bicyclic) bond motifs is 1. The summed E-state index contributed by atoms with van der Waals surface area (Å²) in [5.74, 6) is 0.580. The SMILES string of the molecule is COc1ccc(CN2C(=O)/C(=C/c3cn(CC(=O)NC[C@@H]4CCCO4)c4ccccc34)SC2=S)cc1. The lowest BCUT2D eigenvalue weighted by molar-refractivity contribution is -0.123. The molecule has 3 aromatic rings. The molecule has 7 nitrogen and oxygen atoms in total. The number of hydrogen-bond donors (Lipinski definition) is 1. The molecule has 5 rings (SSSR count). The van der Waals surface area contributed by atoms with Crippen LogP contribution in [0, 0.1) is 0 Å². The summed E-state index contributed by atoms with van der Waals surface area (Å²) < 4.78 is 13.3. The summed E-state index contributed by atoms with van der Waals surface area (Å²) in [6, 6.07) is 15.5. The van der Waals surface area contributed by atoms with E-state index in [9.17, 15) is 9.59 Å². The predicted molar refractivity (Wildman–Crippen MR) is 146 cm³/mol. The molecule has 2 aliphatic heterocycles. The Labute approximate surface area is 219 Å². The molecule has 0 unspecified atom stereocenters. The van der Waals surface area contributed by atoms with Crippen LogP contribution < -0.4 is 10.1 Å². The Hall–Kier alpha value is -3.14. The van der Waals surface area contributed by atoms with Crippen LogP contribution in [0.2, 0.25) is 0 Å². The molecule has 1 atom stereocenters. The van der Waals surface area contributed by atoms with Gasteiger partial charge in [0.2, 0.25) is 5.91 Å². The molecule has 2 fully saturated rings. The lowest BCUT2D eigenvalue weighted by Gasteiger charge is -2.14. The van der Waals surface area contributed by atoms with Gasteiger partial charge in [-0.25, -0.2) is 0 Å². The third-order valence-electron chi connectivity index (χ3n) is 6.34. The van der Waals surface area contributed by atoms with Gasteiger partial charge in [-0.05, 0) is 42.7 Å². The highest BCUT2D eigenvalue weighted by atomic mass is 32.2. The Morgan fingerprint density at radius 2 is 2.06 bits per heavy atom. The molecule has 186 valence electrons. The minimum Gasteiger partial charge on any atom is -0.497 e. The van der Waals surface area contributed by atoms with Gasteiger partial charge < -0.3 is 19.4 Å². The Bertz CT molecular complexity index is 1330. The lowest BCUT2D eigenvalue weighted by Crippen LogP contribution is -2.34. The number of carbonyl (C=O) groups excluding carboxylic acids is 2. The van der Waals surface area contributed by atoms with Crippen LogP contribution in [-0.2, 0) is 27.4 Å². The highest BCUT2D eigenvalue weighted by Crippen LogP contribution is 2.35. The fraction of sp³-hybridized carbons (Fsp3) is 0.296. The molecule has 0 bridgehead atoms. The van der Waals surface area contributed by atoms with Crippen LogP contribution in [0.4, 0.5) is 0 Å². The van der Waals surface area contributed by atoms with Crippen molar-refractivity contribution in [3.05, 3.63) is 70.8 Å². The van der Waals surface area contributed by atoms with Crippen molar-refractivity contribution in [2.75, 3.05) is 20.3 Å². The maximum Gasteiger partial charge on any atom is 0.266 e. The van der Waals surface area contributed by atoms with Gasteiger partial charge in [-0.1, -0.05) is 54.3 Å². The number of rotatable bonds is 8. The molecule has 2 saturated heterocycles. The zero-order valence-electron chi connectivity index (χ0n) is 19.9. The Balaban J connectivity index is 1.33. The Morgan fingerprint density at radius 1 is 1.25 bits per heavy atom. The maximum absolute atomic E-state index is 13.2. The summed E-state index contributed by atoms with van der Waals surface area (Å²) in [6.45, 7) is 1.89. The van der Waals surface area contributed by atoms with Gasteiger partial charge in [0.25, 0.3) is 5.91 Å². The van der Waals surface area contributed by atoms with Crippen LogP contribution in [0.1, 0.15) is 24.0 Å². The van der Waals surface area contributed by atoms with Crippen molar-refractivity contribution < 1.29 is 19.1 Å². The van der Waals surface area contributed by atoms with Crippen LogP contribution in [-0.4, -0.2) is 52.0 Å². The third-order valence-corrected chi connectivity index (χ3v) is 7.72. The monoisotopic (exact) mass is 521 g/mol. The fourth-order valence-electron chi connectivity index (χ4n) is 4.46. The fourth-order valence-corrected chi connectivity index (χ4v) is 5.70. The molecule has 1 aromatic heterocycles. The average Bonchev–Trinajstić information content (AvgIpc) is 3.60. The van der Waals surface area contributed by atoms with Crippen molar-refractivity contribution in [2.45, 2.75) is 32.0 Å². The van der Waals surface area contributed by atoms with Gasteiger partial charge >= 0.3 is 0 Å². The van der Waals surface area contributed by atoms with Crippen LogP contribution in [0.3, 0.4) is 0 Å². The number of nitrogens with one attached hydrogen (secondary N) is 1. The number of ether oxygens (including phenoxy) is 2. The smallest absolute Gasteiger partial charge is 0.266 e. The normalized spacial score (nSPS) is 19.0. The molecule has 0 saturated carbocycles. The number of thioether (sulfide) groups is 1. The summed E-state index contributed by atoms with van der Waals surface area (Å²) in [5.41, 5.74) is 2.78. The zero-order chi connectivity index (χ0) is 25.1. The summed E-state index contributed by atoms with van der Waals surface area (Å²) in [4.78, 5) is 28.0. The highest BCUT2D eigenvalue weighted by molar-refractivity contribution is 8.26. The molecular weight excluding hydrogens is 494 g/mol. The van der Waals surface area contributed by atoms with Crippen LogP contribution in [0.25, 0.3) is 17.0 Å². The van der Waals surface area contributed by atoms with Crippen molar-refractivity contribution >= 4 is 57.1 Å². The largest absolute Gasteiger partial charge is 0.497 e. The third kappa shape index (κ3) is 5.33. The van der Waals surface area contributed by atoms with Gasteiger partial charge in [0.05, 0.1) is 24.7 Å². The summed E-state index contributed by atoms with van der Waals surface area (Å²) in [7, 11) is 1.62. The average molecular weight is 522 g/mol. The summed E-state index contributed by atoms with van der Waals surface area (Å²) >= 11 is 6.82. The first kappa shape index (κ1) is 24.5. The van der Waals surface area contributed by atoms with Gasteiger partial charge in [0.1, 0.15) is 16.6 Å². The van der Waals surface area contributed by atoms with Gasteiger partial charge in [-0.15, -0.1) is 0 Å². The van der Waals surface area contributed by atoms with E-state index in [1.54, 1.807) is 12.0 Å². The molecule has 0 aliphatic carbocycles. The molecule has 9 heteroatoms. The Kier molecular flexibility index (Phi) is 7.41. The van der Waals surface area contributed by atoms with E-state index >= 15 is 0 Å². The van der Waals surface area contributed by atoms with E-state index in [4.69, 9.17) is 21.7 Å². The van der Waals surface area contributed by atoms with E-state index in [2.05, 4.69) is 5.32 Å². The molecular formula is C27H27N3O4S2. The minimum atomic E-state index is -0.119. The number of para-hydroxylation sites is 1. The minimum absolute atomic E-state index is 0.0661. The van der Waals surface area contributed by atoms with E-state index in [0.29, 0.717) is 22.3 Å². The quantitative estimate of drug-likeness (QED) is 0.351. The van der Waals surface area contributed by atoms with Gasteiger partial charge in [-0.3, -0.25) is 14.5 Å². The van der Waals surface area contributed by atoms with Crippen molar-refractivity contribution in [3.63, 3.8) is 0 Å². The lowest BCUT2D eigenvalue weighted by atomic mass is 10.1. The van der Waals surface area contributed by atoms with E-state index in [1.807, 2.05) is 65.4 Å². The number of hydrogen-bond acceptors (Lipinski definition) is 6. The van der Waals surface area contributed by atoms with E-state index < -0.39 is 0 Å². The second-order valence-corrected chi connectivity index (χ2v) is 10.5. The van der Waals surface area contributed by atoms with Gasteiger partial charge in [0, 0.05) is 35.8 Å². The first-order chi connectivity index (χ1) is 17.5. The Morgan fingerprint density at radius 3 is 2.81 bits per heavy atom. The van der Waals surface area contributed by atoms with E-state index in [1.165, 1.54) is 11.8 Å². The molecule has 0 spiro atoms. The first-order valence-electron chi connectivity index (χ1n) is 11.9. The van der Waals surface area contributed by atoms with Gasteiger partial charge in [0.15, 0.2) is 0 Å². The standard InChI is InChI=1S/C27H27N3O4S2/c1-33-20-10-8-18(9-11-20)15-30-26(32)24(36-27(30)35)13-19-16-29(23-7-3-2-6-22(19)23)17-25(31)28-14-21-5-4-12-34-21/h2-3,6-11,13,16,21H,4-5,12,14-15,17H2,1H3,(H,28,31)/b24-13-/t21-/m0/s1. The molecule has 0 radical (unpaired) electrons. The number of nitrogens with zero attached hydrogens (tertiary/aromatic N) is 2. The number of carbonyl (C=O) groups is 2. The number of benzene rings is 2. The van der Waals surface area contributed by atoms with E-state index in [0.717, 1.165) is 47.2 Å². The molecule has 2 aromatic carbocycles. The maximum atomic E-state index is 13.2. The predicted octanol–water partition coefficient (Wildman–Crippen LogP) is 4.35. The van der Waals surface area contributed by atoms with Crippen molar-refractivity contribution in [3.8, 4) is 5.75 Å². The van der Waals surface area contributed by atoms with Crippen molar-refractivity contribution in [1.82, 2.24) is 14.8 Å². The zero-order valence-corrected chi connectivity index (χ0v) is 21.6. The van der Waals surface area contributed by atoms with Crippen LogP contribution >= 0.6 is 24.0 Å². The second-order valence-electron chi connectivity index (χ2n) is 8.78. The van der Waals surface area contributed by atoms with E-state index in [-0.39, 0.29) is 24.5 Å². The van der Waals surface area contributed by atoms with Crippen LogP contribution in [0.5, 0.6) is 5.75 Å². The second kappa shape index (κ2) is 10.9.